The van der Waals surface area contributed by atoms with Gasteiger partial charge >= 0.3 is 0 Å². The molecule has 2 saturated heterocycles. The Hall–Kier alpha value is -3.21. The zero-order valence-electron chi connectivity index (χ0n) is 17.8. The smallest absolute Gasteiger partial charge is 0.255 e. The van der Waals surface area contributed by atoms with E-state index in [0.29, 0.717) is 29.9 Å². The van der Waals surface area contributed by atoms with Crippen LogP contribution in [0.5, 0.6) is 0 Å². The number of piperidine rings is 2. The van der Waals surface area contributed by atoms with Crippen molar-refractivity contribution >= 4 is 17.7 Å². The number of amides is 3. The van der Waals surface area contributed by atoms with E-state index in [2.05, 4.69) is 25.6 Å². The number of likely N-dealkylation sites (tertiary alicyclic amines) is 1. The number of tetrazole rings is 1. The van der Waals surface area contributed by atoms with Crippen LogP contribution in [0.15, 0.2) is 12.1 Å². The van der Waals surface area contributed by atoms with Gasteiger partial charge in [0.15, 0.2) is 5.82 Å². The van der Waals surface area contributed by atoms with Gasteiger partial charge in [-0.25, -0.2) is 4.39 Å². The molecular weight excluding hydrogens is 417 g/mol. The third kappa shape index (κ3) is 3.77. The van der Waals surface area contributed by atoms with E-state index < -0.39 is 11.9 Å². The molecule has 1 unspecified atom stereocenters. The number of nitrogens with zero attached hydrogens (tertiary/aromatic N) is 6. The van der Waals surface area contributed by atoms with Gasteiger partial charge in [0.05, 0.1) is 13.6 Å². The molecule has 2 fully saturated rings. The summed E-state index contributed by atoms with van der Waals surface area (Å²) in [6, 6.07) is 2.41. The van der Waals surface area contributed by atoms with Crippen LogP contribution in [0.3, 0.4) is 0 Å². The molecule has 10 nitrogen and oxygen atoms in total. The first kappa shape index (κ1) is 20.7. The van der Waals surface area contributed by atoms with Gasteiger partial charge in [-0.05, 0) is 60.7 Å². The van der Waals surface area contributed by atoms with Crippen LogP contribution in [0.4, 0.5) is 4.39 Å². The van der Waals surface area contributed by atoms with E-state index in [9.17, 15) is 14.4 Å². The maximum Gasteiger partial charge on any atom is 0.255 e. The minimum absolute atomic E-state index is 0.0612. The number of benzene rings is 1. The summed E-state index contributed by atoms with van der Waals surface area (Å²) < 4.78 is 15.0. The van der Waals surface area contributed by atoms with Crippen molar-refractivity contribution in [1.29, 1.82) is 0 Å². The molecule has 1 aromatic carbocycles. The van der Waals surface area contributed by atoms with Gasteiger partial charge in [-0.2, -0.15) is 4.80 Å². The lowest BCUT2D eigenvalue weighted by molar-refractivity contribution is -0.136. The molecule has 168 valence electrons. The second-order valence-corrected chi connectivity index (χ2v) is 8.68. The lowest BCUT2D eigenvalue weighted by atomic mass is 9.87. The van der Waals surface area contributed by atoms with Crippen LogP contribution in [-0.4, -0.2) is 66.9 Å². The molecule has 1 N–H and O–H groups in total. The summed E-state index contributed by atoms with van der Waals surface area (Å²) in [6.07, 6.45) is 2.07. The third-order valence-electron chi connectivity index (χ3n) is 6.58. The quantitative estimate of drug-likeness (QED) is 0.687. The van der Waals surface area contributed by atoms with Gasteiger partial charge in [0.2, 0.25) is 11.8 Å². The number of carbonyl (C=O) groups is 3. The summed E-state index contributed by atoms with van der Waals surface area (Å²) in [5.74, 6) is -0.798. The van der Waals surface area contributed by atoms with E-state index >= 15 is 4.39 Å². The first-order valence-corrected chi connectivity index (χ1v) is 10.8. The van der Waals surface area contributed by atoms with Crippen molar-refractivity contribution < 1.29 is 18.8 Å². The summed E-state index contributed by atoms with van der Waals surface area (Å²) in [4.78, 5) is 41.6. The Kier molecular flexibility index (Phi) is 5.20. The van der Waals surface area contributed by atoms with E-state index in [0.717, 1.165) is 31.5 Å². The molecule has 11 heteroatoms. The topological polar surface area (TPSA) is 113 Å². The van der Waals surface area contributed by atoms with Gasteiger partial charge in [-0.1, -0.05) is 6.07 Å². The van der Waals surface area contributed by atoms with Gasteiger partial charge in [-0.15, -0.1) is 10.2 Å². The fraction of sp³-hybridized carbons (Fsp3) is 0.524. The van der Waals surface area contributed by atoms with Crippen LogP contribution in [0.2, 0.25) is 0 Å². The highest BCUT2D eigenvalue weighted by Gasteiger charge is 2.40. The van der Waals surface area contributed by atoms with Crippen molar-refractivity contribution in [3.8, 4) is 0 Å². The zero-order valence-corrected chi connectivity index (χ0v) is 17.8. The number of nitrogens with one attached hydrogen (secondary N) is 1. The predicted octanol–water partition coefficient (Wildman–Crippen LogP) is 0.490. The van der Waals surface area contributed by atoms with Crippen molar-refractivity contribution in [3.63, 3.8) is 0 Å². The largest absolute Gasteiger partial charge is 0.322 e. The summed E-state index contributed by atoms with van der Waals surface area (Å²) in [5, 5.41) is 14.4. The number of fused-ring (bicyclic) bond motifs is 1. The molecular formula is C21H24FN7O3. The minimum atomic E-state index is -0.697. The lowest BCUT2D eigenvalue weighted by Crippen LogP contribution is -2.52. The van der Waals surface area contributed by atoms with Crippen LogP contribution < -0.4 is 5.32 Å². The first-order valence-electron chi connectivity index (χ1n) is 10.8. The van der Waals surface area contributed by atoms with Gasteiger partial charge in [0.1, 0.15) is 11.9 Å². The van der Waals surface area contributed by atoms with Gasteiger partial charge in [0.25, 0.3) is 5.91 Å². The summed E-state index contributed by atoms with van der Waals surface area (Å²) in [5.41, 5.74) is 1.67. The lowest BCUT2D eigenvalue weighted by Gasteiger charge is -2.31. The van der Waals surface area contributed by atoms with E-state index in [1.54, 1.807) is 13.1 Å². The van der Waals surface area contributed by atoms with Gasteiger partial charge in [-0.3, -0.25) is 24.6 Å². The standard InChI is InChI=1S/C21H24FN7O3/c1-27-25-18(24-26-27)11-28-6-4-12(5-7-28)14-8-13-10-29(21(32)15(13)9-16(14)22)17-2-3-19(30)23-20(17)31/h8-9,12,17H,2-7,10-11H2,1H3,(H,23,30,31). The number of aromatic nitrogens is 4. The summed E-state index contributed by atoms with van der Waals surface area (Å²) in [7, 11) is 1.73. The number of rotatable bonds is 4. The highest BCUT2D eigenvalue weighted by Crippen LogP contribution is 2.35. The molecule has 0 bridgehead atoms. The third-order valence-corrected chi connectivity index (χ3v) is 6.58. The molecule has 0 saturated carbocycles. The predicted molar refractivity (Wildman–Crippen MR) is 108 cm³/mol. The van der Waals surface area contributed by atoms with Crippen LogP contribution in [0, 0.1) is 5.82 Å². The normalized spacial score (nSPS) is 22.4. The molecule has 5 rings (SSSR count). The Morgan fingerprint density at radius 3 is 2.62 bits per heavy atom. The van der Waals surface area contributed by atoms with Gasteiger partial charge < -0.3 is 4.90 Å². The highest BCUT2D eigenvalue weighted by molar-refractivity contribution is 6.05. The zero-order chi connectivity index (χ0) is 22.4. The van der Waals surface area contributed by atoms with Crippen molar-refractivity contribution in [1.82, 2.24) is 35.3 Å². The second kappa shape index (κ2) is 8.05. The van der Waals surface area contributed by atoms with E-state index in [-0.39, 0.29) is 36.5 Å². The number of aryl methyl sites for hydroxylation is 1. The van der Waals surface area contributed by atoms with Crippen LogP contribution in [0.25, 0.3) is 0 Å². The monoisotopic (exact) mass is 441 g/mol. The fourth-order valence-corrected chi connectivity index (χ4v) is 4.91. The Balaban J connectivity index is 1.27. The van der Waals surface area contributed by atoms with E-state index in [4.69, 9.17) is 0 Å². The van der Waals surface area contributed by atoms with E-state index in [1.165, 1.54) is 15.8 Å². The molecule has 32 heavy (non-hydrogen) atoms. The average Bonchev–Trinajstić information content (AvgIpc) is 3.31. The number of hydrogen-bond acceptors (Lipinski definition) is 7. The Morgan fingerprint density at radius 2 is 1.94 bits per heavy atom. The molecule has 4 heterocycles. The fourth-order valence-electron chi connectivity index (χ4n) is 4.91. The van der Waals surface area contributed by atoms with Gasteiger partial charge in [0, 0.05) is 18.5 Å². The maximum atomic E-state index is 15.0. The first-order chi connectivity index (χ1) is 15.4. The van der Waals surface area contributed by atoms with Crippen molar-refractivity contribution in [2.24, 2.45) is 7.05 Å². The Bertz CT molecular complexity index is 1090. The minimum Gasteiger partial charge on any atom is -0.322 e. The summed E-state index contributed by atoms with van der Waals surface area (Å²) >= 11 is 0. The number of halogens is 1. The summed E-state index contributed by atoms with van der Waals surface area (Å²) in [6.45, 7) is 2.45. The second-order valence-electron chi connectivity index (χ2n) is 8.68. The average molecular weight is 441 g/mol. The molecule has 3 amide bonds. The van der Waals surface area contributed by atoms with E-state index in [1.807, 2.05) is 0 Å². The van der Waals surface area contributed by atoms with Crippen LogP contribution in [0.1, 0.15) is 58.9 Å². The number of imide groups is 1. The maximum absolute atomic E-state index is 15.0. The molecule has 0 radical (unpaired) electrons. The SMILES string of the molecule is Cn1nnc(CN2CCC(c3cc4c(cc3F)C(=O)N(C3CCC(=O)NC3=O)C4)CC2)n1. The number of hydrogen-bond donors (Lipinski definition) is 1. The number of carbonyl (C=O) groups excluding carboxylic acids is 3. The Labute approximate surface area is 183 Å². The molecule has 1 atom stereocenters. The molecule has 0 spiro atoms. The Morgan fingerprint density at radius 1 is 1.16 bits per heavy atom. The van der Waals surface area contributed by atoms with Crippen LogP contribution in [-0.2, 0) is 29.7 Å². The molecule has 2 aromatic rings. The molecule has 3 aliphatic rings. The molecule has 1 aromatic heterocycles. The van der Waals surface area contributed by atoms with Crippen LogP contribution >= 0.6 is 0 Å². The van der Waals surface area contributed by atoms with Crippen molar-refractivity contribution in [3.05, 3.63) is 40.5 Å². The van der Waals surface area contributed by atoms with Crippen molar-refractivity contribution in [2.45, 2.75) is 50.7 Å². The van der Waals surface area contributed by atoms with Crippen molar-refractivity contribution in [2.75, 3.05) is 13.1 Å². The molecule has 0 aliphatic carbocycles. The highest BCUT2D eigenvalue weighted by atomic mass is 19.1. The molecule has 3 aliphatic heterocycles.